The average Bonchev–Trinajstić information content (AvgIpc) is 2.17. The lowest BCUT2D eigenvalue weighted by Gasteiger charge is -2.33. The maximum absolute atomic E-state index is 4.53. The van der Waals surface area contributed by atoms with Gasteiger partial charge < -0.3 is 10.2 Å². The summed E-state index contributed by atoms with van der Waals surface area (Å²) in [6.45, 7) is 9.61. The van der Waals surface area contributed by atoms with E-state index in [0.717, 1.165) is 25.5 Å². The summed E-state index contributed by atoms with van der Waals surface area (Å²) in [5, 5.41) is 3.44. The van der Waals surface area contributed by atoms with Gasteiger partial charge in [-0.15, -0.1) is 0 Å². The third-order valence-electron chi connectivity index (χ3n) is 2.86. The third-order valence-corrected chi connectivity index (χ3v) is 2.86. The van der Waals surface area contributed by atoms with Gasteiger partial charge in [0.1, 0.15) is 5.82 Å². The molecule has 1 saturated heterocycles. The molecule has 1 aliphatic heterocycles. The van der Waals surface area contributed by atoms with Crippen LogP contribution in [0.2, 0.25) is 0 Å². The molecule has 0 radical (unpaired) electrons. The van der Waals surface area contributed by atoms with Crippen LogP contribution in [0.3, 0.4) is 0 Å². The van der Waals surface area contributed by atoms with Crippen LogP contribution in [0.4, 0.5) is 5.82 Å². The zero-order chi connectivity index (χ0) is 10.8. The maximum atomic E-state index is 4.53. The molecule has 0 aromatic carbocycles. The number of nitrogens with zero attached hydrogens (tertiary/aromatic N) is 2. The minimum absolute atomic E-state index is 0.557. The number of aromatic nitrogens is 1. The Kier molecular flexibility index (Phi) is 2.91. The second-order valence-electron chi connectivity index (χ2n) is 4.45. The van der Waals surface area contributed by atoms with Gasteiger partial charge in [-0.2, -0.15) is 0 Å². The monoisotopic (exact) mass is 205 g/mol. The SMILES string of the molecule is Cc1cnc(N2CCN[C@H](C)C2)c(C)c1. The van der Waals surface area contributed by atoms with Gasteiger partial charge in [0.2, 0.25) is 0 Å². The molecule has 1 aromatic rings. The summed E-state index contributed by atoms with van der Waals surface area (Å²) in [7, 11) is 0. The number of aryl methyl sites for hydroxylation is 2. The summed E-state index contributed by atoms with van der Waals surface area (Å²) < 4.78 is 0. The van der Waals surface area contributed by atoms with E-state index in [4.69, 9.17) is 0 Å². The Labute approximate surface area is 91.5 Å². The van der Waals surface area contributed by atoms with Crippen molar-refractivity contribution in [3.05, 3.63) is 23.4 Å². The number of piperazine rings is 1. The van der Waals surface area contributed by atoms with Crippen LogP contribution in [-0.4, -0.2) is 30.7 Å². The van der Waals surface area contributed by atoms with Gasteiger partial charge in [0.05, 0.1) is 0 Å². The van der Waals surface area contributed by atoms with Crippen LogP contribution in [-0.2, 0) is 0 Å². The molecule has 0 unspecified atom stereocenters. The first-order chi connectivity index (χ1) is 7.16. The second kappa shape index (κ2) is 4.19. The predicted octanol–water partition coefficient (Wildman–Crippen LogP) is 1.50. The molecule has 0 spiro atoms. The first-order valence-electron chi connectivity index (χ1n) is 5.58. The molecule has 3 heteroatoms. The molecule has 2 rings (SSSR count). The van der Waals surface area contributed by atoms with Gasteiger partial charge in [0, 0.05) is 31.9 Å². The Bertz CT molecular complexity index is 349. The standard InChI is InChI=1S/C12H19N3/c1-9-6-10(2)12(14-7-9)15-5-4-13-11(3)8-15/h6-7,11,13H,4-5,8H2,1-3H3/t11-/m1/s1. The fourth-order valence-electron chi connectivity index (χ4n) is 2.16. The van der Waals surface area contributed by atoms with E-state index in [1.807, 2.05) is 6.20 Å². The van der Waals surface area contributed by atoms with E-state index < -0.39 is 0 Å². The molecule has 0 saturated carbocycles. The first kappa shape index (κ1) is 10.4. The van der Waals surface area contributed by atoms with Crippen molar-refractivity contribution in [2.45, 2.75) is 26.8 Å². The molecule has 15 heavy (non-hydrogen) atoms. The highest BCUT2D eigenvalue weighted by molar-refractivity contribution is 5.47. The number of hydrogen-bond acceptors (Lipinski definition) is 3. The van der Waals surface area contributed by atoms with Gasteiger partial charge in [-0.25, -0.2) is 4.98 Å². The smallest absolute Gasteiger partial charge is 0.131 e. The van der Waals surface area contributed by atoms with Crippen molar-refractivity contribution in [3.63, 3.8) is 0 Å². The first-order valence-corrected chi connectivity index (χ1v) is 5.58. The normalized spacial score (nSPS) is 21.8. The molecular weight excluding hydrogens is 186 g/mol. The molecule has 1 fully saturated rings. The summed E-state index contributed by atoms with van der Waals surface area (Å²) in [5.74, 6) is 1.15. The summed E-state index contributed by atoms with van der Waals surface area (Å²) in [4.78, 5) is 6.91. The third kappa shape index (κ3) is 2.29. The van der Waals surface area contributed by atoms with Gasteiger partial charge in [-0.3, -0.25) is 0 Å². The number of nitrogens with one attached hydrogen (secondary N) is 1. The lowest BCUT2D eigenvalue weighted by atomic mass is 10.2. The van der Waals surface area contributed by atoms with Crippen molar-refractivity contribution in [1.82, 2.24) is 10.3 Å². The highest BCUT2D eigenvalue weighted by Gasteiger charge is 2.17. The van der Waals surface area contributed by atoms with Crippen LogP contribution >= 0.6 is 0 Å². The zero-order valence-electron chi connectivity index (χ0n) is 9.75. The minimum Gasteiger partial charge on any atom is -0.354 e. The van der Waals surface area contributed by atoms with Crippen LogP contribution in [0.15, 0.2) is 12.3 Å². The van der Waals surface area contributed by atoms with Crippen LogP contribution in [0, 0.1) is 13.8 Å². The van der Waals surface area contributed by atoms with E-state index in [1.165, 1.54) is 11.1 Å². The highest BCUT2D eigenvalue weighted by atomic mass is 15.2. The topological polar surface area (TPSA) is 28.2 Å². The van der Waals surface area contributed by atoms with Crippen molar-refractivity contribution >= 4 is 5.82 Å². The van der Waals surface area contributed by atoms with Crippen LogP contribution < -0.4 is 10.2 Å². The van der Waals surface area contributed by atoms with Crippen LogP contribution in [0.5, 0.6) is 0 Å². The molecule has 1 N–H and O–H groups in total. The van der Waals surface area contributed by atoms with Crippen molar-refractivity contribution < 1.29 is 0 Å². The second-order valence-corrected chi connectivity index (χ2v) is 4.45. The quantitative estimate of drug-likeness (QED) is 0.753. The number of pyridine rings is 1. The van der Waals surface area contributed by atoms with Gasteiger partial charge in [0.15, 0.2) is 0 Å². The summed E-state index contributed by atoms with van der Waals surface area (Å²) in [5.41, 5.74) is 2.52. The predicted molar refractivity (Wildman–Crippen MR) is 63.4 cm³/mol. The van der Waals surface area contributed by atoms with E-state index in [9.17, 15) is 0 Å². The largest absolute Gasteiger partial charge is 0.354 e. The van der Waals surface area contributed by atoms with E-state index in [2.05, 4.69) is 42.0 Å². The summed E-state index contributed by atoms with van der Waals surface area (Å²) >= 11 is 0. The Morgan fingerprint density at radius 1 is 1.47 bits per heavy atom. The van der Waals surface area contributed by atoms with E-state index >= 15 is 0 Å². The molecule has 0 aliphatic carbocycles. The molecule has 1 atom stereocenters. The Morgan fingerprint density at radius 3 is 2.93 bits per heavy atom. The van der Waals surface area contributed by atoms with Crippen molar-refractivity contribution in [3.8, 4) is 0 Å². The fraction of sp³-hybridized carbons (Fsp3) is 0.583. The molecule has 82 valence electrons. The lowest BCUT2D eigenvalue weighted by Crippen LogP contribution is -2.49. The summed E-state index contributed by atoms with van der Waals surface area (Å²) in [6, 6.07) is 2.76. The van der Waals surface area contributed by atoms with Crippen molar-refractivity contribution in [2.24, 2.45) is 0 Å². The minimum atomic E-state index is 0.557. The Hall–Kier alpha value is -1.09. The Balaban J connectivity index is 2.21. The van der Waals surface area contributed by atoms with E-state index in [-0.39, 0.29) is 0 Å². The number of hydrogen-bond donors (Lipinski definition) is 1. The Morgan fingerprint density at radius 2 is 2.27 bits per heavy atom. The van der Waals surface area contributed by atoms with Crippen LogP contribution in [0.1, 0.15) is 18.1 Å². The van der Waals surface area contributed by atoms with Gasteiger partial charge in [0.25, 0.3) is 0 Å². The molecule has 2 heterocycles. The van der Waals surface area contributed by atoms with E-state index in [1.54, 1.807) is 0 Å². The molecule has 1 aromatic heterocycles. The molecular formula is C12H19N3. The number of anilines is 1. The maximum Gasteiger partial charge on any atom is 0.131 e. The molecule has 0 amide bonds. The highest BCUT2D eigenvalue weighted by Crippen LogP contribution is 2.18. The molecule has 1 aliphatic rings. The molecule has 3 nitrogen and oxygen atoms in total. The van der Waals surface area contributed by atoms with Gasteiger partial charge in [-0.1, -0.05) is 6.07 Å². The summed E-state index contributed by atoms with van der Waals surface area (Å²) in [6.07, 6.45) is 1.95. The average molecular weight is 205 g/mol. The number of rotatable bonds is 1. The van der Waals surface area contributed by atoms with Crippen molar-refractivity contribution in [1.29, 1.82) is 0 Å². The van der Waals surface area contributed by atoms with Crippen LogP contribution in [0.25, 0.3) is 0 Å². The lowest BCUT2D eigenvalue weighted by molar-refractivity contribution is 0.482. The van der Waals surface area contributed by atoms with Gasteiger partial charge in [-0.05, 0) is 31.9 Å². The molecule has 0 bridgehead atoms. The van der Waals surface area contributed by atoms with Gasteiger partial charge >= 0.3 is 0 Å². The van der Waals surface area contributed by atoms with Crippen molar-refractivity contribution in [2.75, 3.05) is 24.5 Å². The fourth-order valence-corrected chi connectivity index (χ4v) is 2.16. The zero-order valence-corrected chi connectivity index (χ0v) is 9.75. The van der Waals surface area contributed by atoms with E-state index in [0.29, 0.717) is 6.04 Å².